The molecule has 3 heterocycles. The van der Waals surface area contributed by atoms with Crippen molar-refractivity contribution in [3.05, 3.63) is 33.0 Å². The van der Waals surface area contributed by atoms with E-state index in [1.54, 1.807) is 17.2 Å². The lowest BCUT2D eigenvalue weighted by Gasteiger charge is -2.27. The molecule has 1 amide bonds. The van der Waals surface area contributed by atoms with Crippen LogP contribution in [0.1, 0.15) is 51.1 Å². The second-order valence-corrected chi connectivity index (χ2v) is 6.60. The summed E-state index contributed by atoms with van der Waals surface area (Å²) in [7, 11) is 0. The van der Waals surface area contributed by atoms with E-state index in [9.17, 15) is 9.59 Å². The fourth-order valence-electron chi connectivity index (χ4n) is 2.91. The van der Waals surface area contributed by atoms with E-state index in [4.69, 9.17) is 4.74 Å². The molecule has 0 saturated carbocycles. The predicted molar refractivity (Wildman–Crippen MR) is 89.2 cm³/mol. The molecule has 0 unspecified atom stereocenters. The van der Waals surface area contributed by atoms with Crippen molar-refractivity contribution in [2.24, 2.45) is 0 Å². The second kappa shape index (κ2) is 6.72. The van der Waals surface area contributed by atoms with Crippen LogP contribution in [0, 0.1) is 6.92 Å². The number of carbonyl (C=O) groups excluding carboxylic acids is 2. The molecule has 0 N–H and O–H groups in total. The van der Waals surface area contributed by atoms with Gasteiger partial charge in [0.25, 0.3) is 5.91 Å². The quantitative estimate of drug-likeness (QED) is 0.790. The van der Waals surface area contributed by atoms with Crippen LogP contribution in [-0.2, 0) is 24.2 Å². The Kier molecular flexibility index (Phi) is 4.66. The summed E-state index contributed by atoms with van der Waals surface area (Å²) in [6.07, 6.45) is 0.671. The van der Waals surface area contributed by atoms with Gasteiger partial charge in [0.1, 0.15) is 5.69 Å². The smallest absolute Gasteiger partial charge is 0.359 e. The van der Waals surface area contributed by atoms with Crippen LogP contribution in [0.5, 0.6) is 0 Å². The third-order valence-electron chi connectivity index (χ3n) is 4.03. The fourth-order valence-corrected chi connectivity index (χ4v) is 3.50. The number of hydrogen-bond acceptors (Lipinski definition) is 6. The summed E-state index contributed by atoms with van der Waals surface area (Å²) in [6.45, 7) is 7.56. The van der Waals surface area contributed by atoms with Gasteiger partial charge in [-0.1, -0.05) is 0 Å². The minimum absolute atomic E-state index is 0.107. The highest BCUT2D eigenvalue weighted by Gasteiger charge is 2.31. The number of thiazole rings is 1. The molecule has 0 atom stereocenters. The SMILES string of the molecule is CCOC(=O)c1nn(CC)c2c1CN(C(=O)c1csc(C)n1)CC2. The molecule has 2 aromatic heterocycles. The van der Waals surface area contributed by atoms with Crippen LogP contribution in [-0.4, -0.2) is 44.7 Å². The number of esters is 1. The van der Waals surface area contributed by atoms with Crippen molar-refractivity contribution in [3.63, 3.8) is 0 Å². The minimum atomic E-state index is -0.431. The molecule has 0 radical (unpaired) electrons. The maximum Gasteiger partial charge on any atom is 0.359 e. The molecule has 0 fully saturated rings. The number of carbonyl (C=O) groups is 2. The average Bonchev–Trinajstić information content (AvgIpc) is 3.17. The first kappa shape index (κ1) is 16.6. The van der Waals surface area contributed by atoms with E-state index in [-0.39, 0.29) is 5.91 Å². The van der Waals surface area contributed by atoms with Crippen LogP contribution in [0.2, 0.25) is 0 Å². The standard InChI is InChI=1S/C16H20N4O3S/c1-4-20-13-6-7-19(15(21)12-9-24-10(3)17-12)8-11(13)14(18-20)16(22)23-5-2/h9H,4-8H2,1-3H3. The highest BCUT2D eigenvalue weighted by Crippen LogP contribution is 2.25. The Morgan fingerprint density at radius 2 is 2.17 bits per heavy atom. The number of aromatic nitrogens is 3. The number of ether oxygens (including phenoxy) is 1. The zero-order chi connectivity index (χ0) is 17.3. The Hall–Kier alpha value is -2.22. The Labute approximate surface area is 144 Å². The molecular formula is C16H20N4O3S. The van der Waals surface area contributed by atoms with Crippen molar-refractivity contribution in [2.75, 3.05) is 13.2 Å². The van der Waals surface area contributed by atoms with Crippen molar-refractivity contribution < 1.29 is 14.3 Å². The molecule has 2 aromatic rings. The van der Waals surface area contributed by atoms with Gasteiger partial charge in [0.2, 0.25) is 0 Å². The van der Waals surface area contributed by atoms with E-state index in [1.165, 1.54) is 11.3 Å². The molecule has 8 heteroatoms. The van der Waals surface area contributed by atoms with Gasteiger partial charge in [-0.2, -0.15) is 5.10 Å². The molecule has 128 valence electrons. The van der Waals surface area contributed by atoms with Gasteiger partial charge < -0.3 is 9.64 Å². The summed E-state index contributed by atoms with van der Waals surface area (Å²) in [5.41, 5.74) is 2.59. The molecule has 1 aliphatic rings. The van der Waals surface area contributed by atoms with Crippen LogP contribution in [0.3, 0.4) is 0 Å². The maximum atomic E-state index is 12.6. The number of hydrogen-bond donors (Lipinski definition) is 0. The molecule has 0 spiro atoms. The summed E-state index contributed by atoms with van der Waals surface area (Å²) >= 11 is 1.46. The molecule has 24 heavy (non-hydrogen) atoms. The van der Waals surface area contributed by atoms with Crippen molar-refractivity contribution >= 4 is 23.2 Å². The van der Waals surface area contributed by atoms with Crippen molar-refractivity contribution in [1.82, 2.24) is 19.7 Å². The van der Waals surface area contributed by atoms with Gasteiger partial charge in [-0.3, -0.25) is 9.48 Å². The summed E-state index contributed by atoms with van der Waals surface area (Å²) < 4.78 is 6.94. The minimum Gasteiger partial charge on any atom is -0.461 e. The molecule has 0 aromatic carbocycles. The molecule has 3 rings (SSSR count). The maximum absolute atomic E-state index is 12.6. The van der Waals surface area contributed by atoms with Gasteiger partial charge >= 0.3 is 5.97 Å². The highest BCUT2D eigenvalue weighted by molar-refractivity contribution is 7.09. The Morgan fingerprint density at radius 3 is 2.79 bits per heavy atom. The van der Waals surface area contributed by atoms with E-state index in [1.807, 2.05) is 18.5 Å². The molecule has 1 aliphatic heterocycles. The lowest BCUT2D eigenvalue weighted by Crippen LogP contribution is -2.37. The average molecular weight is 348 g/mol. The summed E-state index contributed by atoms with van der Waals surface area (Å²) in [4.78, 5) is 30.8. The Balaban J connectivity index is 1.90. The van der Waals surface area contributed by atoms with Crippen LogP contribution >= 0.6 is 11.3 Å². The van der Waals surface area contributed by atoms with Gasteiger partial charge in [0, 0.05) is 36.1 Å². The number of amides is 1. The van der Waals surface area contributed by atoms with Crippen molar-refractivity contribution in [3.8, 4) is 0 Å². The molecule has 7 nitrogen and oxygen atoms in total. The monoisotopic (exact) mass is 348 g/mol. The van der Waals surface area contributed by atoms with Crippen LogP contribution < -0.4 is 0 Å². The third-order valence-corrected chi connectivity index (χ3v) is 4.80. The highest BCUT2D eigenvalue weighted by atomic mass is 32.1. The van der Waals surface area contributed by atoms with E-state index in [2.05, 4.69) is 10.1 Å². The van der Waals surface area contributed by atoms with Crippen LogP contribution in [0.15, 0.2) is 5.38 Å². The van der Waals surface area contributed by atoms with Crippen molar-refractivity contribution in [1.29, 1.82) is 0 Å². The third kappa shape index (κ3) is 2.93. The molecule has 0 aliphatic carbocycles. The van der Waals surface area contributed by atoms with Crippen LogP contribution in [0.25, 0.3) is 0 Å². The molecule has 0 bridgehead atoms. The molecule has 0 saturated heterocycles. The zero-order valence-electron chi connectivity index (χ0n) is 14.0. The normalized spacial score (nSPS) is 13.7. The van der Waals surface area contributed by atoms with Gasteiger partial charge in [0.15, 0.2) is 5.69 Å². The van der Waals surface area contributed by atoms with Crippen molar-refractivity contribution in [2.45, 2.75) is 40.3 Å². The number of rotatable bonds is 4. The lowest BCUT2D eigenvalue weighted by molar-refractivity contribution is 0.0513. The lowest BCUT2D eigenvalue weighted by atomic mass is 10.0. The number of fused-ring (bicyclic) bond motifs is 1. The summed E-state index contributed by atoms with van der Waals surface area (Å²) in [6, 6.07) is 0. The van der Waals surface area contributed by atoms with Gasteiger partial charge in [0.05, 0.1) is 18.2 Å². The van der Waals surface area contributed by atoms with E-state index in [0.29, 0.717) is 44.0 Å². The van der Waals surface area contributed by atoms with E-state index < -0.39 is 5.97 Å². The van der Waals surface area contributed by atoms with Gasteiger partial charge in [-0.15, -0.1) is 11.3 Å². The van der Waals surface area contributed by atoms with Gasteiger partial charge in [-0.05, 0) is 20.8 Å². The Bertz CT molecular complexity index is 780. The first-order valence-electron chi connectivity index (χ1n) is 8.02. The topological polar surface area (TPSA) is 77.3 Å². The van der Waals surface area contributed by atoms with Gasteiger partial charge in [-0.25, -0.2) is 9.78 Å². The zero-order valence-corrected chi connectivity index (χ0v) is 14.9. The second-order valence-electron chi connectivity index (χ2n) is 5.54. The summed E-state index contributed by atoms with van der Waals surface area (Å²) in [5.74, 6) is -0.538. The van der Waals surface area contributed by atoms with Crippen LogP contribution in [0.4, 0.5) is 0 Å². The number of aryl methyl sites for hydroxylation is 2. The first-order valence-corrected chi connectivity index (χ1v) is 8.90. The van der Waals surface area contributed by atoms with E-state index in [0.717, 1.165) is 16.3 Å². The molecular weight excluding hydrogens is 328 g/mol. The largest absolute Gasteiger partial charge is 0.461 e. The fraction of sp³-hybridized carbons (Fsp3) is 0.500. The Morgan fingerprint density at radius 1 is 1.38 bits per heavy atom. The summed E-state index contributed by atoms with van der Waals surface area (Å²) in [5, 5.41) is 7.03. The first-order chi connectivity index (χ1) is 11.5. The number of nitrogens with zero attached hydrogens (tertiary/aromatic N) is 4. The predicted octanol–water partition coefficient (Wildman–Crippen LogP) is 2.04. The van der Waals surface area contributed by atoms with E-state index >= 15 is 0 Å².